The van der Waals surface area contributed by atoms with Gasteiger partial charge in [-0.15, -0.1) is 0 Å². The van der Waals surface area contributed by atoms with Crippen LogP contribution in [0, 0.1) is 5.92 Å². The van der Waals surface area contributed by atoms with Crippen molar-refractivity contribution in [2.45, 2.75) is 44.6 Å². The van der Waals surface area contributed by atoms with Crippen LogP contribution in [0.25, 0.3) is 10.8 Å². The van der Waals surface area contributed by atoms with Crippen molar-refractivity contribution in [3.8, 4) is 0 Å². The second-order valence-corrected chi connectivity index (χ2v) is 6.05. The summed E-state index contributed by atoms with van der Waals surface area (Å²) in [5.41, 5.74) is 4.32. The summed E-state index contributed by atoms with van der Waals surface area (Å²) in [5, 5.41) is 2.59. The van der Waals surface area contributed by atoms with Crippen LogP contribution in [0.15, 0.2) is 42.5 Å². The van der Waals surface area contributed by atoms with E-state index in [0.29, 0.717) is 0 Å². The average Bonchev–Trinajstić information content (AvgIpc) is 3.01. The van der Waals surface area contributed by atoms with Crippen LogP contribution in [0.3, 0.4) is 0 Å². The molecule has 1 saturated carbocycles. The molecule has 1 atom stereocenters. The Kier molecular flexibility index (Phi) is 4.34. The van der Waals surface area contributed by atoms with E-state index in [1.165, 1.54) is 48.4 Å². The average molecular weight is 268 g/mol. The molecule has 2 heteroatoms. The van der Waals surface area contributed by atoms with Crippen molar-refractivity contribution in [3.63, 3.8) is 0 Å². The van der Waals surface area contributed by atoms with Gasteiger partial charge in [0.15, 0.2) is 0 Å². The van der Waals surface area contributed by atoms with E-state index in [1.54, 1.807) is 0 Å². The fourth-order valence-electron chi connectivity index (χ4n) is 3.47. The van der Waals surface area contributed by atoms with Crippen molar-refractivity contribution in [2.75, 3.05) is 0 Å². The standard InChI is InChI=1S/C18H24N2/c19-20-18(12-9-14-5-1-2-6-14)17-11-10-15-7-3-4-8-16(15)13-17/h3-4,7-8,10-11,13-14,18,20H,1-2,5-6,9,12,19H2. The Hall–Kier alpha value is -1.38. The van der Waals surface area contributed by atoms with E-state index < -0.39 is 0 Å². The lowest BCUT2D eigenvalue weighted by Gasteiger charge is -2.19. The topological polar surface area (TPSA) is 38.0 Å². The minimum absolute atomic E-state index is 0.278. The molecule has 0 saturated heterocycles. The van der Waals surface area contributed by atoms with Crippen molar-refractivity contribution < 1.29 is 0 Å². The number of nitrogens with one attached hydrogen (secondary N) is 1. The maximum Gasteiger partial charge on any atom is 0.0460 e. The minimum Gasteiger partial charge on any atom is -0.271 e. The molecule has 0 heterocycles. The molecule has 0 aliphatic heterocycles. The SMILES string of the molecule is NNC(CCC1CCCC1)c1ccc2ccccc2c1. The van der Waals surface area contributed by atoms with Gasteiger partial charge in [-0.05, 0) is 41.2 Å². The largest absolute Gasteiger partial charge is 0.271 e. The molecule has 0 radical (unpaired) electrons. The van der Waals surface area contributed by atoms with Crippen LogP contribution in [0.1, 0.15) is 50.1 Å². The van der Waals surface area contributed by atoms with Gasteiger partial charge in [0.05, 0.1) is 0 Å². The first-order valence-corrected chi connectivity index (χ1v) is 7.81. The number of benzene rings is 2. The molecule has 0 spiro atoms. The molecule has 106 valence electrons. The second-order valence-electron chi connectivity index (χ2n) is 6.05. The van der Waals surface area contributed by atoms with Crippen LogP contribution in [-0.4, -0.2) is 0 Å². The third-order valence-corrected chi connectivity index (χ3v) is 4.72. The van der Waals surface area contributed by atoms with Gasteiger partial charge < -0.3 is 0 Å². The summed E-state index contributed by atoms with van der Waals surface area (Å²) in [6.45, 7) is 0. The summed E-state index contributed by atoms with van der Waals surface area (Å²) >= 11 is 0. The lowest BCUT2D eigenvalue weighted by atomic mass is 9.94. The van der Waals surface area contributed by atoms with Gasteiger partial charge in [-0.25, -0.2) is 0 Å². The number of hydrogen-bond acceptors (Lipinski definition) is 2. The molecule has 0 aromatic heterocycles. The van der Waals surface area contributed by atoms with E-state index in [0.717, 1.165) is 12.3 Å². The van der Waals surface area contributed by atoms with Gasteiger partial charge >= 0.3 is 0 Å². The van der Waals surface area contributed by atoms with Gasteiger partial charge in [0.2, 0.25) is 0 Å². The summed E-state index contributed by atoms with van der Waals surface area (Å²) < 4.78 is 0. The maximum absolute atomic E-state index is 5.78. The van der Waals surface area contributed by atoms with Gasteiger partial charge in [0.25, 0.3) is 0 Å². The Bertz CT molecular complexity index is 558. The molecular weight excluding hydrogens is 244 g/mol. The fourth-order valence-corrected chi connectivity index (χ4v) is 3.47. The van der Waals surface area contributed by atoms with Crippen LogP contribution in [0.5, 0.6) is 0 Å². The first kappa shape index (κ1) is 13.6. The summed E-state index contributed by atoms with van der Waals surface area (Å²) in [7, 11) is 0. The Morgan fingerprint density at radius 1 is 1.05 bits per heavy atom. The van der Waals surface area contributed by atoms with E-state index in [-0.39, 0.29) is 6.04 Å². The molecule has 3 rings (SSSR count). The third-order valence-electron chi connectivity index (χ3n) is 4.72. The molecule has 3 N–H and O–H groups in total. The van der Waals surface area contributed by atoms with Crippen molar-refractivity contribution in [2.24, 2.45) is 11.8 Å². The van der Waals surface area contributed by atoms with Crippen LogP contribution in [0.2, 0.25) is 0 Å². The molecule has 1 unspecified atom stereocenters. The Labute approximate surface area is 121 Å². The van der Waals surface area contributed by atoms with E-state index in [2.05, 4.69) is 47.9 Å². The second kappa shape index (κ2) is 6.38. The zero-order valence-electron chi connectivity index (χ0n) is 12.0. The first-order valence-electron chi connectivity index (χ1n) is 7.81. The summed E-state index contributed by atoms with van der Waals surface area (Å²) in [6.07, 6.45) is 8.09. The monoisotopic (exact) mass is 268 g/mol. The lowest BCUT2D eigenvalue weighted by Crippen LogP contribution is -2.28. The fraction of sp³-hybridized carbons (Fsp3) is 0.444. The molecule has 2 aromatic carbocycles. The highest BCUT2D eigenvalue weighted by Gasteiger charge is 2.17. The summed E-state index contributed by atoms with van der Waals surface area (Å²) in [4.78, 5) is 0. The highest BCUT2D eigenvalue weighted by molar-refractivity contribution is 5.83. The first-order chi connectivity index (χ1) is 9.86. The zero-order chi connectivity index (χ0) is 13.8. The van der Waals surface area contributed by atoms with Crippen molar-refractivity contribution in [1.29, 1.82) is 0 Å². The van der Waals surface area contributed by atoms with E-state index in [9.17, 15) is 0 Å². The summed E-state index contributed by atoms with van der Waals surface area (Å²) in [6, 6.07) is 15.5. The normalized spacial score (nSPS) is 17.6. The number of rotatable bonds is 5. The molecular formula is C18H24N2. The van der Waals surface area contributed by atoms with E-state index in [1.807, 2.05) is 0 Å². The highest BCUT2D eigenvalue weighted by Crippen LogP contribution is 2.31. The van der Waals surface area contributed by atoms with Crippen molar-refractivity contribution in [3.05, 3.63) is 48.0 Å². The molecule has 2 aromatic rings. The Morgan fingerprint density at radius 2 is 1.80 bits per heavy atom. The Balaban J connectivity index is 1.72. The van der Waals surface area contributed by atoms with Gasteiger partial charge in [0.1, 0.15) is 0 Å². The number of hydrazine groups is 1. The molecule has 1 aliphatic carbocycles. The summed E-state index contributed by atoms with van der Waals surface area (Å²) in [5.74, 6) is 6.71. The van der Waals surface area contributed by atoms with Gasteiger partial charge in [-0.2, -0.15) is 0 Å². The van der Waals surface area contributed by atoms with Crippen LogP contribution in [0.4, 0.5) is 0 Å². The maximum atomic E-state index is 5.78. The molecule has 0 amide bonds. The predicted octanol–water partition coefficient (Wildman–Crippen LogP) is 4.31. The van der Waals surface area contributed by atoms with Crippen LogP contribution in [-0.2, 0) is 0 Å². The van der Waals surface area contributed by atoms with Gasteiger partial charge in [0, 0.05) is 6.04 Å². The van der Waals surface area contributed by atoms with Gasteiger partial charge in [-0.3, -0.25) is 11.3 Å². The smallest absolute Gasteiger partial charge is 0.0460 e. The quantitative estimate of drug-likeness (QED) is 0.626. The van der Waals surface area contributed by atoms with Crippen molar-refractivity contribution in [1.82, 2.24) is 5.43 Å². The molecule has 1 fully saturated rings. The third kappa shape index (κ3) is 3.02. The van der Waals surface area contributed by atoms with Crippen molar-refractivity contribution >= 4 is 10.8 Å². The van der Waals surface area contributed by atoms with E-state index in [4.69, 9.17) is 5.84 Å². The molecule has 20 heavy (non-hydrogen) atoms. The predicted molar refractivity (Wildman–Crippen MR) is 85.2 cm³/mol. The zero-order valence-corrected chi connectivity index (χ0v) is 12.0. The minimum atomic E-state index is 0.278. The number of fused-ring (bicyclic) bond motifs is 1. The Morgan fingerprint density at radius 3 is 2.55 bits per heavy atom. The molecule has 1 aliphatic rings. The highest BCUT2D eigenvalue weighted by atomic mass is 15.2. The lowest BCUT2D eigenvalue weighted by molar-refractivity contribution is 0.416. The number of hydrogen-bond donors (Lipinski definition) is 2. The molecule has 2 nitrogen and oxygen atoms in total. The van der Waals surface area contributed by atoms with Crippen LogP contribution >= 0.6 is 0 Å². The number of nitrogens with two attached hydrogens (primary N) is 1. The molecule has 0 bridgehead atoms. The van der Waals surface area contributed by atoms with Gasteiger partial charge in [-0.1, -0.05) is 62.1 Å². The van der Waals surface area contributed by atoms with Crippen LogP contribution < -0.4 is 11.3 Å². The van der Waals surface area contributed by atoms with E-state index >= 15 is 0 Å².